The molecule has 166 valence electrons. The zero-order valence-corrected chi connectivity index (χ0v) is 17.2. The Morgan fingerprint density at radius 1 is 1.12 bits per heavy atom. The van der Waals surface area contributed by atoms with Crippen molar-refractivity contribution in [1.29, 1.82) is 0 Å². The number of nitrogens with zero attached hydrogens (tertiary/aromatic N) is 1. The summed E-state index contributed by atoms with van der Waals surface area (Å²) in [6.45, 7) is -0.378. The lowest BCUT2D eigenvalue weighted by molar-refractivity contribution is -0.384. The molecule has 0 unspecified atom stereocenters. The maximum atomic E-state index is 13.1. The third kappa shape index (κ3) is 3.54. The predicted molar refractivity (Wildman–Crippen MR) is 112 cm³/mol. The van der Waals surface area contributed by atoms with E-state index < -0.39 is 40.4 Å². The van der Waals surface area contributed by atoms with Gasteiger partial charge >= 0.3 is 18.7 Å². The number of rotatable bonds is 5. The summed E-state index contributed by atoms with van der Waals surface area (Å²) in [6.07, 6.45) is -0.335. The molecule has 0 saturated carbocycles. The van der Waals surface area contributed by atoms with Gasteiger partial charge in [-0.1, -0.05) is 24.3 Å². The third-order valence-corrected chi connectivity index (χ3v) is 7.25. The Balaban J connectivity index is 1.71. The van der Waals surface area contributed by atoms with Crippen molar-refractivity contribution in [2.75, 3.05) is 0 Å². The van der Waals surface area contributed by atoms with Gasteiger partial charge in [0.25, 0.3) is 5.69 Å². The highest BCUT2D eigenvalue weighted by atomic mass is 31.2. The molecule has 12 nitrogen and oxygen atoms in total. The summed E-state index contributed by atoms with van der Waals surface area (Å²) in [7, 11) is -4.92. The second kappa shape index (κ2) is 7.52. The molecule has 32 heavy (non-hydrogen) atoms. The average Bonchev–Trinajstić information content (AvgIpc) is 3.14. The van der Waals surface area contributed by atoms with Gasteiger partial charge in [0.15, 0.2) is 5.16 Å². The Morgan fingerprint density at radius 2 is 1.72 bits per heavy atom. The molecule has 0 fully saturated rings. The lowest BCUT2D eigenvalue weighted by atomic mass is 10.0. The van der Waals surface area contributed by atoms with Gasteiger partial charge in [-0.15, -0.1) is 0 Å². The quantitative estimate of drug-likeness (QED) is 0.157. The molecule has 1 heterocycles. The second-order valence-electron chi connectivity index (χ2n) is 7.57. The fourth-order valence-corrected chi connectivity index (χ4v) is 5.06. The van der Waals surface area contributed by atoms with Gasteiger partial charge in [-0.3, -0.25) is 29.1 Å². The molecule has 13 heteroatoms. The van der Waals surface area contributed by atoms with Crippen LogP contribution in [0.4, 0.5) is 5.69 Å². The molecule has 2 aromatic carbocycles. The van der Waals surface area contributed by atoms with Crippen LogP contribution in [0, 0.1) is 10.1 Å². The predicted octanol–water partition coefficient (Wildman–Crippen LogP) is 0.456. The maximum absolute atomic E-state index is 13.1. The summed E-state index contributed by atoms with van der Waals surface area (Å²) < 4.78 is 12.4. The van der Waals surface area contributed by atoms with Gasteiger partial charge in [0.2, 0.25) is 5.91 Å². The van der Waals surface area contributed by atoms with Gasteiger partial charge < -0.3 is 25.1 Å². The molecular weight excluding hydrogens is 443 g/mol. The molecule has 0 saturated heterocycles. The fourth-order valence-electron chi connectivity index (χ4n) is 3.96. The molecule has 1 aliphatic rings. The van der Waals surface area contributed by atoms with E-state index in [1.165, 1.54) is 0 Å². The van der Waals surface area contributed by atoms with Gasteiger partial charge in [-0.05, 0) is 24.0 Å². The molecule has 5 N–H and O–H groups in total. The Hall–Kier alpha value is -3.60. The SMILES string of the molecule is O=C(NCc1cc([N+](=O)[O-])cc2[nH]c(=O)c(=O)[nH]c12)C1(P(=O)(O)O)Cc2ccccc2C1. The molecule has 1 amide bonds. The maximum Gasteiger partial charge on any atom is 0.341 e. The van der Waals surface area contributed by atoms with Crippen LogP contribution < -0.4 is 16.4 Å². The second-order valence-corrected chi connectivity index (χ2v) is 9.52. The fraction of sp³-hybridized carbons (Fsp3) is 0.211. The van der Waals surface area contributed by atoms with Crippen LogP contribution in [0.5, 0.6) is 0 Å². The minimum Gasteiger partial charge on any atom is -0.351 e. The number of non-ortho nitro benzene ring substituents is 1. The van der Waals surface area contributed by atoms with Crippen LogP contribution in [0.15, 0.2) is 46.0 Å². The zero-order valence-electron chi connectivity index (χ0n) is 16.3. The number of H-pyrrole nitrogens is 2. The molecule has 1 aliphatic carbocycles. The van der Waals surface area contributed by atoms with E-state index in [1.54, 1.807) is 24.3 Å². The van der Waals surface area contributed by atoms with Gasteiger partial charge in [0.05, 0.1) is 16.0 Å². The standard InChI is InChI=1S/C19H17N4O8P/c24-16-17(25)22-15-12(5-13(23(27)28)6-14(15)21-16)9-20-18(26)19(32(29,30)31)7-10-3-1-2-4-11(10)8-19/h1-6H,7-9H2,(H,20,26)(H,21,24)(H,22,25)(H2,29,30,31). The van der Waals surface area contributed by atoms with Crippen LogP contribution in [0.3, 0.4) is 0 Å². The molecule has 0 aliphatic heterocycles. The molecule has 0 radical (unpaired) electrons. The summed E-state index contributed by atoms with van der Waals surface area (Å²) in [5, 5.41) is 11.7. The van der Waals surface area contributed by atoms with E-state index in [-0.39, 0.29) is 36.0 Å². The van der Waals surface area contributed by atoms with Crippen molar-refractivity contribution < 1.29 is 24.1 Å². The first kappa shape index (κ1) is 21.6. The molecule has 3 aromatic rings. The number of hydrogen-bond acceptors (Lipinski definition) is 6. The number of nitrogens with one attached hydrogen (secondary N) is 3. The van der Waals surface area contributed by atoms with E-state index in [1.807, 2.05) is 0 Å². The van der Waals surface area contributed by atoms with Crippen LogP contribution in [-0.4, -0.2) is 35.7 Å². The van der Waals surface area contributed by atoms with Gasteiger partial charge in [-0.2, -0.15) is 0 Å². The highest BCUT2D eigenvalue weighted by Gasteiger charge is 2.56. The van der Waals surface area contributed by atoms with E-state index >= 15 is 0 Å². The van der Waals surface area contributed by atoms with Crippen molar-refractivity contribution in [2.45, 2.75) is 24.5 Å². The summed E-state index contributed by atoms with van der Waals surface area (Å²) in [4.78, 5) is 71.6. The number of nitro benzene ring substituents is 1. The van der Waals surface area contributed by atoms with Crippen molar-refractivity contribution in [3.8, 4) is 0 Å². The van der Waals surface area contributed by atoms with Crippen LogP contribution in [-0.2, 0) is 28.7 Å². The Morgan fingerprint density at radius 3 is 2.28 bits per heavy atom. The minimum absolute atomic E-state index is 0.0222. The largest absolute Gasteiger partial charge is 0.351 e. The normalized spacial score (nSPS) is 14.8. The minimum atomic E-state index is -4.92. The van der Waals surface area contributed by atoms with Crippen LogP contribution in [0.2, 0.25) is 0 Å². The van der Waals surface area contributed by atoms with E-state index in [2.05, 4.69) is 15.3 Å². The van der Waals surface area contributed by atoms with Crippen molar-refractivity contribution in [3.63, 3.8) is 0 Å². The van der Waals surface area contributed by atoms with Crippen molar-refractivity contribution in [3.05, 3.63) is 83.9 Å². The average molecular weight is 460 g/mol. The number of fused-ring (bicyclic) bond motifs is 2. The third-order valence-electron chi connectivity index (χ3n) is 5.61. The number of aromatic amines is 2. The zero-order chi connectivity index (χ0) is 23.3. The smallest absolute Gasteiger partial charge is 0.341 e. The van der Waals surface area contributed by atoms with E-state index in [0.717, 1.165) is 12.1 Å². The van der Waals surface area contributed by atoms with E-state index in [0.29, 0.717) is 11.1 Å². The van der Waals surface area contributed by atoms with E-state index in [9.17, 15) is 38.8 Å². The number of nitro groups is 1. The summed E-state index contributed by atoms with van der Waals surface area (Å²) in [5.74, 6) is -0.923. The number of carbonyl (C=O) groups excluding carboxylic acids is 1. The number of carbonyl (C=O) groups is 1. The molecular formula is C19H17N4O8P. The summed E-state index contributed by atoms with van der Waals surface area (Å²) in [6, 6.07) is 8.95. The topological polar surface area (TPSA) is 195 Å². The number of amides is 1. The lowest BCUT2D eigenvalue weighted by Gasteiger charge is -2.28. The van der Waals surface area contributed by atoms with Gasteiger partial charge in [-0.25, -0.2) is 0 Å². The van der Waals surface area contributed by atoms with Gasteiger partial charge in [0.1, 0.15) is 0 Å². The lowest BCUT2D eigenvalue weighted by Crippen LogP contribution is -2.47. The number of aromatic nitrogens is 2. The summed E-state index contributed by atoms with van der Waals surface area (Å²) in [5.41, 5.74) is -0.975. The molecule has 0 spiro atoms. The first-order valence-electron chi connectivity index (χ1n) is 9.36. The van der Waals surface area contributed by atoms with Crippen molar-refractivity contribution in [2.24, 2.45) is 0 Å². The van der Waals surface area contributed by atoms with Crippen LogP contribution in [0.1, 0.15) is 16.7 Å². The van der Waals surface area contributed by atoms with E-state index in [4.69, 9.17) is 0 Å². The monoisotopic (exact) mass is 460 g/mol. The van der Waals surface area contributed by atoms with Crippen molar-refractivity contribution in [1.82, 2.24) is 15.3 Å². The van der Waals surface area contributed by atoms with Crippen molar-refractivity contribution >= 4 is 30.2 Å². The highest BCUT2D eigenvalue weighted by Crippen LogP contribution is 2.57. The Kier molecular flexibility index (Phi) is 5.08. The molecule has 0 bridgehead atoms. The number of hydrogen-bond donors (Lipinski definition) is 5. The summed E-state index contributed by atoms with van der Waals surface area (Å²) >= 11 is 0. The molecule has 1 aromatic heterocycles. The molecule has 0 atom stereocenters. The first-order valence-corrected chi connectivity index (χ1v) is 11.0. The van der Waals surface area contributed by atoms with Crippen LogP contribution in [0.25, 0.3) is 11.0 Å². The molecule has 4 rings (SSSR count). The van der Waals surface area contributed by atoms with Gasteiger partial charge in [0, 0.05) is 24.2 Å². The Labute approximate surface area is 178 Å². The highest BCUT2D eigenvalue weighted by molar-refractivity contribution is 7.54. The first-order chi connectivity index (χ1) is 15.0. The Bertz CT molecular complexity index is 1410. The van der Waals surface area contributed by atoms with Crippen LogP contribution >= 0.6 is 7.60 Å². The number of benzene rings is 2.